The number of aryl methyl sites for hydroxylation is 1. The topological polar surface area (TPSA) is 28.3 Å². The van der Waals surface area contributed by atoms with Crippen molar-refractivity contribution in [1.29, 1.82) is 0 Å². The van der Waals surface area contributed by atoms with Gasteiger partial charge >= 0.3 is 0 Å². The van der Waals surface area contributed by atoms with Crippen LogP contribution in [-0.2, 0) is 7.05 Å². The lowest BCUT2D eigenvalue weighted by Crippen LogP contribution is -2.36. The Morgan fingerprint density at radius 3 is 2.60 bits per heavy atom. The number of nitrogens with zero attached hydrogens (tertiary/aromatic N) is 2. The van der Waals surface area contributed by atoms with Gasteiger partial charge in [0.05, 0.1) is 0 Å². The van der Waals surface area contributed by atoms with Gasteiger partial charge in [0, 0.05) is 36.7 Å². The summed E-state index contributed by atoms with van der Waals surface area (Å²) in [5.74, 6) is 0. The maximum Gasteiger partial charge on any atom is 0.232 e. The summed E-state index contributed by atoms with van der Waals surface area (Å²) >= 11 is 0. The lowest BCUT2D eigenvalue weighted by molar-refractivity contribution is -0.662. The summed E-state index contributed by atoms with van der Waals surface area (Å²) in [5.41, 5.74) is 5.80. The fourth-order valence-electron chi connectivity index (χ4n) is 2.50. The van der Waals surface area contributed by atoms with E-state index in [2.05, 4.69) is 71.3 Å². The number of pyridine rings is 1. The van der Waals surface area contributed by atoms with Crippen LogP contribution in [0.1, 0.15) is 11.3 Å². The highest BCUT2D eigenvalue weighted by atomic mass is 15.0. The summed E-state index contributed by atoms with van der Waals surface area (Å²) in [7, 11) is 2.09. The number of benzene rings is 1. The number of hydrogen-bond donors (Lipinski definition) is 1. The average molecular weight is 264 g/mol. The molecule has 0 amide bonds. The molecule has 20 heavy (non-hydrogen) atoms. The average Bonchev–Trinajstić information content (AvgIpc) is 2.49. The standard InChI is InChI=1S/C17H17N3/c1-13-6-3-4-7-14(13)16-8-5-9-17(20(16)2)15-12-18-10-11-19-15/h3-9,11-12H,10H2,1-2H3/p+1. The van der Waals surface area contributed by atoms with Gasteiger partial charge in [-0.05, 0) is 24.6 Å². The Hall–Kier alpha value is -2.42. The second-order valence-electron chi connectivity index (χ2n) is 4.92. The van der Waals surface area contributed by atoms with Crippen molar-refractivity contribution in [1.82, 2.24) is 5.32 Å². The maximum atomic E-state index is 4.47. The molecule has 0 aliphatic carbocycles. The molecule has 3 nitrogen and oxygen atoms in total. The van der Waals surface area contributed by atoms with E-state index in [1.165, 1.54) is 16.8 Å². The van der Waals surface area contributed by atoms with Crippen LogP contribution in [0.3, 0.4) is 0 Å². The van der Waals surface area contributed by atoms with Crippen LogP contribution in [0.15, 0.2) is 53.7 Å². The molecule has 0 saturated carbocycles. The third-order valence-electron chi connectivity index (χ3n) is 3.59. The van der Waals surface area contributed by atoms with Crippen molar-refractivity contribution < 1.29 is 4.57 Å². The first-order valence-electron chi connectivity index (χ1n) is 6.79. The third kappa shape index (κ3) is 2.23. The third-order valence-corrected chi connectivity index (χ3v) is 3.59. The van der Waals surface area contributed by atoms with Gasteiger partial charge in [-0.15, -0.1) is 0 Å². The fraction of sp³-hybridized carbons (Fsp3) is 0.176. The Morgan fingerprint density at radius 1 is 1.05 bits per heavy atom. The second-order valence-corrected chi connectivity index (χ2v) is 4.92. The highest BCUT2D eigenvalue weighted by Gasteiger charge is 2.19. The molecule has 0 spiro atoms. The molecule has 0 fully saturated rings. The predicted octanol–water partition coefficient (Wildman–Crippen LogP) is 2.46. The molecule has 0 unspecified atom stereocenters. The minimum atomic E-state index is 0.796. The van der Waals surface area contributed by atoms with Crippen molar-refractivity contribution in [2.24, 2.45) is 12.0 Å². The Kier molecular flexibility index (Phi) is 3.33. The van der Waals surface area contributed by atoms with Crippen LogP contribution in [0.2, 0.25) is 0 Å². The normalized spacial score (nSPS) is 13.8. The van der Waals surface area contributed by atoms with E-state index in [9.17, 15) is 0 Å². The molecule has 0 saturated heterocycles. The van der Waals surface area contributed by atoms with E-state index in [1.807, 2.05) is 12.4 Å². The van der Waals surface area contributed by atoms with E-state index in [1.54, 1.807) is 0 Å². The molecule has 0 atom stereocenters. The molecule has 3 heteroatoms. The predicted molar refractivity (Wildman–Crippen MR) is 82.3 cm³/mol. The number of aromatic nitrogens is 1. The quantitative estimate of drug-likeness (QED) is 0.829. The van der Waals surface area contributed by atoms with E-state index >= 15 is 0 Å². The first-order chi connectivity index (χ1) is 9.77. The highest BCUT2D eigenvalue weighted by molar-refractivity contribution is 5.75. The second kappa shape index (κ2) is 5.29. The molecule has 1 aromatic heterocycles. The monoisotopic (exact) mass is 264 g/mol. The zero-order valence-electron chi connectivity index (χ0n) is 11.8. The lowest BCUT2D eigenvalue weighted by Gasteiger charge is -2.09. The summed E-state index contributed by atoms with van der Waals surface area (Å²) < 4.78 is 2.19. The summed E-state index contributed by atoms with van der Waals surface area (Å²) in [5, 5.41) is 3.21. The van der Waals surface area contributed by atoms with Gasteiger partial charge in [0.15, 0.2) is 0 Å². The van der Waals surface area contributed by atoms with Crippen molar-refractivity contribution in [2.45, 2.75) is 6.92 Å². The fourth-order valence-corrected chi connectivity index (χ4v) is 2.50. The van der Waals surface area contributed by atoms with Gasteiger partial charge in [0.25, 0.3) is 0 Å². The van der Waals surface area contributed by atoms with Gasteiger partial charge in [-0.1, -0.05) is 18.2 Å². The van der Waals surface area contributed by atoms with E-state index in [4.69, 9.17) is 0 Å². The van der Waals surface area contributed by atoms with E-state index in [-0.39, 0.29) is 0 Å². The number of hydrogen-bond acceptors (Lipinski definition) is 2. The SMILES string of the molecule is Cc1ccccc1-c1cccc(C2=CNCC=N2)[n+]1C. The molecule has 0 radical (unpaired) electrons. The molecule has 2 heterocycles. The molecule has 1 aliphatic rings. The minimum absolute atomic E-state index is 0.796. The summed E-state index contributed by atoms with van der Waals surface area (Å²) in [6.07, 6.45) is 3.87. The number of aliphatic imine (C=N–C) groups is 1. The molecule has 2 aromatic rings. The summed E-state index contributed by atoms with van der Waals surface area (Å²) in [4.78, 5) is 4.47. The molecular weight excluding hydrogens is 246 g/mol. The molecule has 0 bridgehead atoms. The molecule has 3 rings (SSSR count). The van der Waals surface area contributed by atoms with Crippen molar-refractivity contribution in [2.75, 3.05) is 6.54 Å². The Bertz CT molecular complexity index is 699. The smallest absolute Gasteiger partial charge is 0.232 e. The van der Waals surface area contributed by atoms with Crippen molar-refractivity contribution in [3.05, 3.63) is 59.9 Å². The summed E-state index contributed by atoms with van der Waals surface area (Å²) in [6.45, 7) is 2.94. The zero-order chi connectivity index (χ0) is 13.9. The van der Waals surface area contributed by atoms with Gasteiger partial charge in [0.1, 0.15) is 12.7 Å². The van der Waals surface area contributed by atoms with Crippen LogP contribution in [-0.4, -0.2) is 12.8 Å². The molecule has 100 valence electrons. The van der Waals surface area contributed by atoms with E-state index in [0.717, 1.165) is 17.9 Å². The zero-order valence-corrected chi connectivity index (χ0v) is 11.8. The first-order valence-corrected chi connectivity index (χ1v) is 6.79. The van der Waals surface area contributed by atoms with Crippen LogP contribution in [0.5, 0.6) is 0 Å². The van der Waals surface area contributed by atoms with Crippen molar-refractivity contribution >= 4 is 11.9 Å². The van der Waals surface area contributed by atoms with Crippen LogP contribution >= 0.6 is 0 Å². The van der Waals surface area contributed by atoms with E-state index in [0.29, 0.717) is 0 Å². The minimum Gasteiger partial charge on any atom is -0.384 e. The molecule has 1 aromatic carbocycles. The Balaban J connectivity index is 2.13. The Morgan fingerprint density at radius 2 is 1.85 bits per heavy atom. The largest absolute Gasteiger partial charge is 0.384 e. The van der Waals surface area contributed by atoms with Crippen LogP contribution in [0.4, 0.5) is 0 Å². The van der Waals surface area contributed by atoms with Crippen molar-refractivity contribution in [3.8, 4) is 11.3 Å². The Labute approximate surface area is 119 Å². The van der Waals surface area contributed by atoms with Crippen LogP contribution in [0, 0.1) is 6.92 Å². The first kappa shape index (κ1) is 12.6. The lowest BCUT2D eigenvalue weighted by atomic mass is 10.0. The summed E-state index contributed by atoms with van der Waals surface area (Å²) in [6, 6.07) is 14.8. The maximum absolute atomic E-state index is 4.47. The molecule has 1 N–H and O–H groups in total. The number of rotatable bonds is 2. The van der Waals surface area contributed by atoms with Crippen LogP contribution < -0.4 is 9.88 Å². The highest BCUT2D eigenvalue weighted by Crippen LogP contribution is 2.21. The van der Waals surface area contributed by atoms with Gasteiger partial charge in [-0.2, -0.15) is 4.57 Å². The van der Waals surface area contributed by atoms with Gasteiger partial charge in [-0.3, -0.25) is 4.99 Å². The van der Waals surface area contributed by atoms with Gasteiger partial charge < -0.3 is 5.32 Å². The van der Waals surface area contributed by atoms with Crippen LogP contribution in [0.25, 0.3) is 17.0 Å². The number of nitrogens with one attached hydrogen (secondary N) is 1. The molecular formula is C17H18N3+. The molecule has 1 aliphatic heterocycles. The van der Waals surface area contributed by atoms with Gasteiger partial charge in [0.2, 0.25) is 11.4 Å². The van der Waals surface area contributed by atoms with E-state index < -0.39 is 0 Å². The van der Waals surface area contributed by atoms with Gasteiger partial charge in [-0.25, -0.2) is 0 Å². The van der Waals surface area contributed by atoms with Crippen molar-refractivity contribution in [3.63, 3.8) is 0 Å².